The molecule has 0 heterocycles. The van der Waals surface area contributed by atoms with Gasteiger partial charge in [0.05, 0.1) is 12.7 Å². The summed E-state index contributed by atoms with van der Waals surface area (Å²) in [7, 11) is 0. The van der Waals surface area contributed by atoms with Gasteiger partial charge in [-0.3, -0.25) is 4.79 Å². The van der Waals surface area contributed by atoms with Crippen molar-refractivity contribution in [3.8, 4) is 5.75 Å². The van der Waals surface area contributed by atoms with E-state index in [1.807, 2.05) is 13.8 Å². The van der Waals surface area contributed by atoms with Crippen LogP contribution in [0.25, 0.3) is 0 Å². The van der Waals surface area contributed by atoms with Crippen LogP contribution in [0.1, 0.15) is 25.0 Å². The van der Waals surface area contributed by atoms with Gasteiger partial charge in [-0.05, 0) is 31.5 Å². The minimum absolute atomic E-state index is 0.0578. The van der Waals surface area contributed by atoms with Crippen LogP contribution in [-0.4, -0.2) is 17.7 Å². The number of benzene rings is 1. The third kappa shape index (κ3) is 3.55. The molecule has 0 aliphatic carbocycles. The summed E-state index contributed by atoms with van der Waals surface area (Å²) < 4.78 is 10.2. The Labute approximate surface area is 94.8 Å². The average molecular weight is 224 g/mol. The molecular weight excluding hydrogens is 208 g/mol. The summed E-state index contributed by atoms with van der Waals surface area (Å²) in [6.07, 6.45) is 0.0578. The molecule has 16 heavy (non-hydrogen) atoms. The van der Waals surface area contributed by atoms with Gasteiger partial charge in [0.15, 0.2) is 0 Å². The van der Waals surface area contributed by atoms with E-state index in [2.05, 4.69) is 4.74 Å². The maximum absolute atomic E-state index is 10.0. The van der Waals surface area contributed by atoms with Gasteiger partial charge in [-0.1, -0.05) is 6.07 Å². The molecule has 4 heteroatoms. The number of carbonyl (C=O) groups is 1. The van der Waals surface area contributed by atoms with E-state index in [0.29, 0.717) is 17.8 Å². The molecule has 0 aromatic heterocycles. The fourth-order valence-corrected chi connectivity index (χ4v) is 1.35. The van der Waals surface area contributed by atoms with E-state index in [-0.39, 0.29) is 19.3 Å². The first kappa shape index (κ1) is 12.5. The van der Waals surface area contributed by atoms with Gasteiger partial charge >= 0.3 is 0 Å². The Balaban J connectivity index is 2.83. The SMILES string of the molecule is CC(C)Oc1ccc(COC=O)cc1CO. The molecule has 0 amide bonds. The van der Waals surface area contributed by atoms with Crippen LogP contribution < -0.4 is 4.74 Å². The van der Waals surface area contributed by atoms with Crippen molar-refractivity contribution in [2.24, 2.45) is 0 Å². The summed E-state index contributed by atoms with van der Waals surface area (Å²) in [4.78, 5) is 10.0. The largest absolute Gasteiger partial charge is 0.491 e. The lowest BCUT2D eigenvalue weighted by molar-refractivity contribution is -0.129. The van der Waals surface area contributed by atoms with E-state index >= 15 is 0 Å². The molecule has 0 saturated carbocycles. The molecule has 0 fully saturated rings. The van der Waals surface area contributed by atoms with Gasteiger partial charge in [0.1, 0.15) is 12.4 Å². The van der Waals surface area contributed by atoms with Crippen LogP contribution in [-0.2, 0) is 22.7 Å². The van der Waals surface area contributed by atoms with E-state index in [1.54, 1.807) is 18.2 Å². The van der Waals surface area contributed by atoms with Gasteiger partial charge in [0.2, 0.25) is 0 Å². The average Bonchev–Trinajstić information content (AvgIpc) is 2.27. The minimum atomic E-state index is -0.100. The number of hydrogen-bond donors (Lipinski definition) is 1. The van der Waals surface area contributed by atoms with Gasteiger partial charge in [-0.2, -0.15) is 0 Å². The number of hydrogen-bond acceptors (Lipinski definition) is 4. The Morgan fingerprint density at radius 1 is 1.44 bits per heavy atom. The standard InChI is InChI=1S/C12H16O4/c1-9(2)16-12-4-3-10(7-15-8-14)5-11(12)6-13/h3-5,8-9,13H,6-7H2,1-2H3. The van der Waals surface area contributed by atoms with Crippen molar-refractivity contribution in [3.63, 3.8) is 0 Å². The maximum Gasteiger partial charge on any atom is 0.293 e. The quantitative estimate of drug-likeness (QED) is 0.746. The summed E-state index contributed by atoms with van der Waals surface area (Å²) in [5, 5.41) is 9.19. The van der Waals surface area contributed by atoms with E-state index in [4.69, 9.17) is 4.74 Å². The third-order valence-corrected chi connectivity index (χ3v) is 1.98. The first-order chi connectivity index (χ1) is 7.67. The Bertz CT molecular complexity index is 347. The molecule has 0 atom stereocenters. The van der Waals surface area contributed by atoms with Crippen LogP contribution in [0.2, 0.25) is 0 Å². The smallest absolute Gasteiger partial charge is 0.293 e. The zero-order valence-electron chi connectivity index (χ0n) is 9.47. The lowest BCUT2D eigenvalue weighted by atomic mass is 10.1. The Morgan fingerprint density at radius 2 is 2.19 bits per heavy atom. The lowest BCUT2D eigenvalue weighted by Crippen LogP contribution is -2.08. The van der Waals surface area contributed by atoms with Gasteiger partial charge in [-0.25, -0.2) is 0 Å². The van der Waals surface area contributed by atoms with Crippen LogP contribution in [0.5, 0.6) is 5.75 Å². The molecule has 4 nitrogen and oxygen atoms in total. The van der Waals surface area contributed by atoms with Gasteiger partial charge in [0.25, 0.3) is 6.47 Å². The van der Waals surface area contributed by atoms with Gasteiger partial charge in [-0.15, -0.1) is 0 Å². The lowest BCUT2D eigenvalue weighted by Gasteiger charge is -2.14. The molecule has 1 N–H and O–H groups in total. The normalized spacial score (nSPS) is 10.2. The number of aliphatic hydroxyl groups excluding tert-OH is 1. The van der Waals surface area contributed by atoms with Gasteiger partial charge < -0.3 is 14.6 Å². The molecule has 0 aliphatic heterocycles. The molecule has 88 valence electrons. The van der Waals surface area contributed by atoms with Crippen molar-refractivity contribution in [2.45, 2.75) is 33.2 Å². The first-order valence-corrected chi connectivity index (χ1v) is 5.12. The van der Waals surface area contributed by atoms with Crippen molar-refractivity contribution in [1.29, 1.82) is 0 Å². The van der Waals surface area contributed by atoms with E-state index in [9.17, 15) is 9.90 Å². The Kier molecular flexibility index (Phi) is 4.79. The van der Waals surface area contributed by atoms with Crippen molar-refractivity contribution in [3.05, 3.63) is 29.3 Å². The fourth-order valence-electron chi connectivity index (χ4n) is 1.35. The number of aliphatic hydroxyl groups is 1. The summed E-state index contributed by atoms with van der Waals surface area (Å²) in [5.74, 6) is 0.660. The fraction of sp³-hybridized carbons (Fsp3) is 0.417. The molecule has 0 bridgehead atoms. The van der Waals surface area contributed by atoms with Crippen LogP contribution in [0.3, 0.4) is 0 Å². The monoisotopic (exact) mass is 224 g/mol. The second-order valence-corrected chi connectivity index (χ2v) is 3.67. The summed E-state index contributed by atoms with van der Waals surface area (Å²) in [5.41, 5.74) is 1.52. The highest BCUT2D eigenvalue weighted by atomic mass is 16.5. The highest BCUT2D eigenvalue weighted by Gasteiger charge is 2.06. The molecule has 0 saturated heterocycles. The van der Waals surface area contributed by atoms with Crippen LogP contribution >= 0.6 is 0 Å². The number of carbonyl (C=O) groups excluding carboxylic acids is 1. The molecular formula is C12H16O4. The maximum atomic E-state index is 10.0. The molecule has 1 aromatic carbocycles. The van der Waals surface area contributed by atoms with E-state index < -0.39 is 0 Å². The zero-order valence-corrected chi connectivity index (χ0v) is 9.47. The molecule has 0 radical (unpaired) electrons. The summed E-state index contributed by atoms with van der Waals surface area (Å²) in [6.45, 7) is 4.35. The molecule has 1 rings (SSSR count). The van der Waals surface area contributed by atoms with E-state index in [0.717, 1.165) is 5.56 Å². The zero-order chi connectivity index (χ0) is 12.0. The molecule has 0 unspecified atom stereocenters. The van der Waals surface area contributed by atoms with Crippen LogP contribution in [0, 0.1) is 0 Å². The highest BCUT2D eigenvalue weighted by Crippen LogP contribution is 2.21. The van der Waals surface area contributed by atoms with Crippen molar-refractivity contribution < 1.29 is 19.4 Å². The molecule has 0 aliphatic rings. The highest BCUT2D eigenvalue weighted by molar-refractivity contribution is 5.39. The third-order valence-electron chi connectivity index (χ3n) is 1.98. The first-order valence-electron chi connectivity index (χ1n) is 5.12. The minimum Gasteiger partial charge on any atom is -0.491 e. The number of ether oxygens (including phenoxy) is 2. The van der Waals surface area contributed by atoms with Crippen molar-refractivity contribution >= 4 is 6.47 Å². The predicted molar refractivity (Wildman–Crippen MR) is 59.0 cm³/mol. The Morgan fingerprint density at radius 3 is 2.75 bits per heavy atom. The Hall–Kier alpha value is -1.55. The number of rotatable bonds is 6. The van der Waals surface area contributed by atoms with Crippen molar-refractivity contribution in [1.82, 2.24) is 0 Å². The van der Waals surface area contributed by atoms with Crippen molar-refractivity contribution in [2.75, 3.05) is 0 Å². The second kappa shape index (κ2) is 6.12. The van der Waals surface area contributed by atoms with Crippen LogP contribution in [0.4, 0.5) is 0 Å². The second-order valence-electron chi connectivity index (χ2n) is 3.67. The summed E-state index contributed by atoms with van der Waals surface area (Å²) in [6, 6.07) is 5.34. The van der Waals surface area contributed by atoms with Crippen LogP contribution in [0.15, 0.2) is 18.2 Å². The molecule has 1 aromatic rings. The molecule has 0 spiro atoms. The van der Waals surface area contributed by atoms with Gasteiger partial charge in [0, 0.05) is 5.56 Å². The predicted octanol–water partition coefficient (Wildman–Crippen LogP) is 1.64. The summed E-state index contributed by atoms with van der Waals surface area (Å²) >= 11 is 0. The van der Waals surface area contributed by atoms with E-state index in [1.165, 1.54) is 0 Å². The topological polar surface area (TPSA) is 55.8 Å².